The van der Waals surface area contributed by atoms with E-state index in [1.54, 1.807) is 34.6 Å². The first-order valence-electron chi connectivity index (χ1n) is 7.45. The van der Waals surface area contributed by atoms with Crippen LogP contribution in [0.15, 0.2) is 12.7 Å². The molecule has 0 aliphatic carbocycles. The highest BCUT2D eigenvalue weighted by Crippen LogP contribution is 2.10. The van der Waals surface area contributed by atoms with Gasteiger partial charge >= 0.3 is 18.0 Å². The lowest BCUT2D eigenvalue weighted by atomic mass is 10.1. The quantitative estimate of drug-likeness (QED) is 0.437. The smallest absolute Gasteiger partial charge is 0.408 e. The van der Waals surface area contributed by atoms with Crippen LogP contribution in [0, 0.1) is 5.92 Å². The van der Waals surface area contributed by atoms with E-state index in [-0.39, 0.29) is 12.5 Å². The fraction of sp³-hybridized carbons (Fsp3) is 0.688. The molecular formula is C16H27NO6. The van der Waals surface area contributed by atoms with Gasteiger partial charge in [0.05, 0.1) is 0 Å². The van der Waals surface area contributed by atoms with Crippen LogP contribution in [0.1, 0.15) is 41.5 Å². The van der Waals surface area contributed by atoms with E-state index in [9.17, 15) is 14.4 Å². The molecule has 0 spiro atoms. The molecule has 0 saturated heterocycles. The lowest BCUT2D eigenvalue weighted by molar-refractivity contribution is -0.167. The highest BCUT2D eigenvalue weighted by molar-refractivity contribution is 5.84. The number of rotatable bonds is 7. The molecule has 0 aliphatic heterocycles. The molecule has 2 atom stereocenters. The molecule has 0 aliphatic rings. The normalized spacial score (nSPS) is 13.7. The topological polar surface area (TPSA) is 90.9 Å². The van der Waals surface area contributed by atoms with Gasteiger partial charge in [0.25, 0.3) is 0 Å². The predicted molar refractivity (Wildman–Crippen MR) is 84.7 cm³/mol. The van der Waals surface area contributed by atoms with E-state index < -0.39 is 35.8 Å². The Morgan fingerprint density at radius 2 is 1.70 bits per heavy atom. The Labute approximate surface area is 137 Å². The van der Waals surface area contributed by atoms with Crippen molar-refractivity contribution >= 4 is 18.0 Å². The van der Waals surface area contributed by atoms with E-state index in [2.05, 4.69) is 11.9 Å². The Hall–Kier alpha value is -2.05. The zero-order chi connectivity index (χ0) is 18.2. The Morgan fingerprint density at radius 1 is 1.13 bits per heavy atom. The van der Waals surface area contributed by atoms with E-state index in [0.717, 1.165) is 0 Å². The van der Waals surface area contributed by atoms with Crippen LogP contribution in [0.3, 0.4) is 0 Å². The van der Waals surface area contributed by atoms with Crippen LogP contribution in [-0.2, 0) is 23.8 Å². The first kappa shape index (κ1) is 20.9. The van der Waals surface area contributed by atoms with Gasteiger partial charge in [-0.3, -0.25) is 0 Å². The number of nitrogens with one attached hydrogen (secondary N) is 1. The second-order valence-corrected chi connectivity index (χ2v) is 6.37. The molecule has 0 radical (unpaired) electrons. The molecule has 0 aromatic heterocycles. The Kier molecular flexibility index (Phi) is 8.35. The SMILES string of the molecule is C=CCOC(=O)[C@H](C)OC(=O)[C@H](NC(=O)OC(C)(C)C)C(C)C. The molecule has 23 heavy (non-hydrogen) atoms. The van der Waals surface area contributed by atoms with Gasteiger partial charge in [0, 0.05) is 0 Å². The summed E-state index contributed by atoms with van der Waals surface area (Å²) in [5.41, 5.74) is -0.683. The molecule has 0 bridgehead atoms. The van der Waals surface area contributed by atoms with Crippen molar-refractivity contribution in [2.45, 2.75) is 59.3 Å². The van der Waals surface area contributed by atoms with Gasteiger partial charge in [-0.2, -0.15) is 0 Å². The van der Waals surface area contributed by atoms with Crippen LogP contribution in [0.5, 0.6) is 0 Å². The average molecular weight is 329 g/mol. The van der Waals surface area contributed by atoms with E-state index in [0.29, 0.717) is 0 Å². The van der Waals surface area contributed by atoms with Gasteiger partial charge in [0.2, 0.25) is 0 Å². The maximum absolute atomic E-state index is 12.2. The highest BCUT2D eigenvalue weighted by atomic mass is 16.6. The molecular weight excluding hydrogens is 302 g/mol. The molecule has 0 aromatic rings. The van der Waals surface area contributed by atoms with Crippen molar-refractivity contribution in [1.29, 1.82) is 0 Å². The van der Waals surface area contributed by atoms with Gasteiger partial charge in [-0.15, -0.1) is 0 Å². The molecule has 1 amide bonds. The predicted octanol–water partition coefficient (Wildman–Crippen LogP) is 2.20. The number of alkyl carbamates (subject to hydrolysis) is 1. The van der Waals surface area contributed by atoms with Crippen LogP contribution in [0.4, 0.5) is 4.79 Å². The summed E-state index contributed by atoms with van der Waals surface area (Å²) in [7, 11) is 0. The fourth-order valence-corrected chi connectivity index (χ4v) is 1.49. The number of carbonyl (C=O) groups is 3. The van der Waals surface area contributed by atoms with Gasteiger partial charge in [-0.25, -0.2) is 14.4 Å². The third kappa shape index (κ3) is 8.85. The van der Waals surface area contributed by atoms with Crippen LogP contribution >= 0.6 is 0 Å². The van der Waals surface area contributed by atoms with Crippen LogP contribution in [0.2, 0.25) is 0 Å². The number of hydrogen-bond donors (Lipinski definition) is 1. The molecule has 1 N–H and O–H groups in total. The van der Waals surface area contributed by atoms with Crippen molar-refractivity contribution in [3.05, 3.63) is 12.7 Å². The van der Waals surface area contributed by atoms with Crippen LogP contribution < -0.4 is 5.32 Å². The molecule has 132 valence electrons. The molecule has 0 fully saturated rings. The molecule has 0 saturated carbocycles. The Bertz CT molecular complexity index is 438. The number of carbonyl (C=O) groups excluding carboxylic acids is 3. The minimum atomic E-state index is -1.08. The van der Waals surface area contributed by atoms with Gasteiger partial charge in [0.1, 0.15) is 18.2 Å². The minimum absolute atomic E-state index is 0.0322. The number of hydrogen-bond acceptors (Lipinski definition) is 6. The first-order valence-corrected chi connectivity index (χ1v) is 7.45. The van der Waals surface area contributed by atoms with Crippen LogP contribution in [-0.4, -0.2) is 42.4 Å². The standard InChI is InChI=1S/C16H27NO6/c1-8-9-21-13(18)11(4)22-14(19)12(10(2)3)17-15(20)23-16(5,6)7/h8,10-12H,1,9H2,2-7H3,(H,17,20)/t11-,12+/m0/s1. The summed E-state index contributed by atoms with van der Waals surface area (Å²) in [6.45, 7) is 13.5. The van der Waals surface area contributed by atoms with Crippen molar-refractivity contribution < 1.29 is 28.6 Å². The van der Waals surface area contributed by atoms with Crippen molar-refractivity contribution in [2.24, 2.45) is 5.92 Å². The second kappa shape index (κ2) is 9.17. The third-order valence-electron chi connectivity index (χ3n) is 2.56. The van der Waals surface area contributed by atoms with Crippen molar-refractivity contribution in [2.75, 3.05) is 6.61 Å². The minimum Gasteiger partial charge on any atom is -0.459 e. The van der Waals surface area contributed by atoms with Gasteiger partial charge in [-0.05, 0) is 33.6 Å². The van der Waals surface area contributed by atoms with Crippen molar-refractivity contribution in [3.63, 3.8) is 0 Å². The molecule has 0 heterocycles. The Balaban J connectivity index is 4.71. The summed E-state index contributed by atoms with van der Waals surface area (Å²) >= 11 is 0. The molecule has 7 nitrogen and oxygen atoms in total. The first-order chi connectivity index (χ1) is 10.5. The summed E-state index contributed by atoms with van der Waals surface area (Å²) in [6, 6.07) is -0.931. The van der Waals surface area contributed by atoms with E-state index in [1.165, 1.54) is 13.0 Å². The number of ether oxygens (including phenoxy) is 3. The lowest BCUT2D eigenvalue weighted by Crippen LogP contribution is -2.48. The summed E-state index contributed by atoms with van der Waals surface area (Å²) in [6.07, 6.45) is -0.396. The lowest BCUT2D eigenvalue weighted by Gasteiger charge is -2.25. The summed E-state index contributed by atoms with van der Waals surface area (Å²) < 4.78 is 15.0. The van der Waals surface area contributed by atoms with Crippen molar-refractivity contribution in [3.8, 4) is 0 Å². The molecule has 0 rings (SSSR count). The van der Waals surface area contributed by atoms with Gasteiger partial charge < -0.3 is 19.5 Å². The molecule has 7 heteroatoms. The maximum atomic E-state index is 12.2. The van der Waals surface area contributed by atoms with Gasteiger partial charge in [0.15, 0.2) is 6.10 Å². The van der Waals surface area contributed by atoms with E-state index in [1.807, 2.05) is 0 Å². The summed E-state index contributed by atoms with van der Waals surface area (Å²) in [4.78, 5) is 35.5. The largest absolute Gasteiger partial charge is 0.459 e. The summed E-state index contributed by atoms with van der Waals surface area (Å²) in [5.74, 6) is -1.65. The number of esters is 2. The molecule has 0 unspecified atom stereocenters. The second-order valence-electron chi connectivity index (χ2n) is 6.37. The Morgan fingerprint density at radius 3 is 2.13 bits per heavy atom. The van der Waals surface area contributed by atoms with E-state index >= 15 is 0 Å². The fourth-order valence-electron chi connectivity index (χ4n) is 1.49. The zero-order valence-corrected chi connectivity index (χ0v) is 14.7. The maximum Gasteiger partial charge on any atom is 0.408 e. The molecule has 0 aromatic carbocycles. The third-order valence-corrected chi connectivity index (χ3v) is 2.56. The highest BCUT2D eigenvalue weighted by Gasteiger charge is 2.30. The zero-order valence-electron chi connectivity index (χ0n) is 14.7. The average Bonchev–Trinajstić information content (AvgIpc) is 2.39. The summed E-state index contributed by atoms with van der Waals surface area (Å²) in [5, 5.41) is 2.46. The van der Waals surface area contributed by atoms with E-state index in [4.69, 9.17) is 14.2 Å². The monoisotopic (exact) mass is 329 g/mol. The van der Waals surface area contributed by atoms with Gasteiger partial charge in [-0.1, -0.05) is 26.5 Å². The number of amides is 1. The van der Waals surface area contributed by atoms with Crippen LogP contribution in [0.25, 0.3) is 0 Å². The van der Waals surface area contributed by atoms with Crippen molar-refractivity contribution in [1.82, 2.24) is 5.32 Å².